The molecule has 4 atom stereocenters. The Bertz CT molecular complexity index is 1780. The van der Waals surface area contributed by atoms with Crippen molar-refractivity contribution in [2.75, 3.05) is 23.8 Å². The molecule has 7 nitrogen and oxygen atoms in total. The van der Waals surface area contributed by atoms with E-state index in [4.69, 9.17) is 16.3 Å². The number of carbonyl (C=O) groups is 2. The fourth-order valence-electron chi connectivity index (χ4n) is 7.05. The van der Waals surface area contributed by atoms with Crippen LogP contribution in [0.25, 0.3) is 0 Å². The molecule has 0 aromatic heterocycles. The van der Waals surface area contributed by atoms with Crippen LogP contribution in [0.4, 0.5) is 5.69 Å². The van der Waals surface area contributed by atoms with Gasteiger partial charge in [0.05, 0.1) is 18.0 Å². The lowest BCUT2D eigenvalue weighted by atomic mass is 9.78. The van der Waals surface area contributed by atoms with Crippen LogP contribution in [0, 0.1) is 11.8 Å². The summed E-state index contributed by atoms with van der Waals surface area (Å²) in [4.78, 5) is 29.7. The number of hydrogen-bond donors (Lipinski definition) is 1. The number of rotatable bonds is 4. The second kappa shape index (κ2) is 14.7. The molecule has 0 radical (unpaired) electrons. The number of ether oxygens (including phenoxy) is 1. The van der Waals surface area contributed by atoms with Gasteiger partial charge in [-0.15, -0.1) is 4.36 Å². The van der Waals surface area contributed by atoms with E-state index in [-0.39, 0.29) is 29.9 Å². The Morgan fingerprint density at radius 3 is 2.72 bits per heavy atom. The van der Waals surface area contributed by atoms with Gasteiger partial charge in [-0.25, -0.2) is 4.21 Å². The number of halogens is 1. The molecule has 2 amide bonds. The summed E-state index contributed by atoms with van der Waals surface area (Å²) in [5.74, 6) is 0.330. The number of nitrogens with zero attached hydrogens (tertiary/aromatic N) is 2. The Hall–Kier alpha value is -3.62. The van der Waals surface area contributed by atoms with E-state index in [0.29, 0.717) is 43.9 Å². The van der Waals surface area contributed by atoms with Gasteiger partial charge in [-0.2, -0.15) is 0 Å². The zero-order chi connectivity index (χ0) is 33.0. The zero-order valence-corrected chi connectivity index (χ0v) is 28.8. The number of fused-ring (bicyclic) bond motifs is 1. The molecule has 1 unspecified atom stereocenters. The molecule has 0 bridgehead atoms. The number of allylic oxidation sites excluding steroid dienone is 2. The van der Waals surface area contributed by atoms with Crippen molar-refractivity contribution in [1.29, 1.82) is 0 Å². The van der Waals surface area contributed by atoms with E-state index < -0.39 is 15.8 Å². The maximum Gasteiger partial charge on any atom is 0.286 e. The Balaban J connectivity index is 1.44. The molecule has 0 saturated carbocycles. The first-order valence-electron chi connectivity index (χ1n) is 16.8. The highest BCUT2D eigenvalue weighted by molar-refractivity contribution is 7.92. The van der Waals surface area contributed by atoms with Crippen molar-refractivity contribution in [3.63, 3.8) is 0 Å². The van der Waals surface area contributed by atoms with Gasteiger partial charge in [0, 0.05) is 36.0 Å². The third-order valence-electron chi connectivity index (χ3n) is 9.78. The van der Waals surface area contributed by atoms with Gasteiger partial charge in [-0.3, -0.25) is 14.3 Å². The number of anilines is 1. The number of carbonyl (C=O) groups excluding carboxylic acids is 2. The van der Waals surface area contributed by atoms with Crippen molar-refractivity contribution in [2.45, 2.75) is 71.3 Å². The van der Waals surface area contributed by atoms with Crippen LogP contribution in [-0.4, -0.2) is 34.9 Å². The average molecular weight is 674 g/mol. The maximum atomic E-state index is 14.2. The largest absolute Gasteiger partial charge is 0.491 e. The molecule has 6 rings (SSSR count). The monoisotopic (exact) mass is 673 g/mol. The molecule has 0 saturated heterocycles. The second-order valence-electron chi connectivity index (χ2n) is 13.2. The third kappa shape index (κ3) is 7.76. The van der Waals surface area contributed by atoms with E-state index in [2.05, 4.69) is 52.1 Å². The van der Waals surface area contributed by atoms with E-state index >= 15 is 0 Å². The lowest BCUT2D eigenvalue weighted by molar-refractivity contribution is -0.119. The summed E-state index contributed by atoms with van der Waals surface area (Å²) < 4.78 is 27.7. The SMILES string of the molecule is C[C@H]1[C@@H]2/C=C/CCCS(=O)(NC(=O)CCc3ccccc3)=NC(=O)c3ccc4c(c32)N(Cc2ccc(Cl)cc2CCCCO4)C[C@@H]1C. The van der Waals surface area contributed by atoms with E-state index in [9.17, 15) is 13.8 Å². The van der Waals surface area contributed by atoms with Crippen LogP contribution < -0.4 is 14.4 Å². The van der Waals surface area contributed by atoms with Crippen LogP contribution in [0.5, 0.6) is 5.75 Å². The lowest BCUT2D eigenvalue weighted by Gasteiger charge is -2.30. The van der Waals surface area contributed by atoms with Gasteiger partial charge in [0.2, 0.25) is 5.91 Å². The third-order valence-corrected chi connectivity index (χ3v) is 11.9. The molecule has 1 N–H and O–H groups in total. The topological polar surface area (TPSA) is 88.1 Å². The molecule has 3 aromatic rings. The summed E-state index contributed by atoms with van der Waals surface area (Å²) in [6, 6.07) is 19.5. The predicted octanol–water partition coefficient (Wildman–Crippen LogP) is 8.05. The molecule has 47 heavy (non-hydrogen) atoms. The predicted molar refractivity (Wildman–Crippen MR) is 189 cm³/mol. The van der Waals surface area contributed by atoms with Gasteiger partial charge >= 0.3 is 0 Å². The second-order valence-corrected chi connectivity index (χ2v) is 15.7. The van der Waals surface area contributed by atoms with Crippen molar-refractivity contribution in [2.24, 2.45) is 16.2 Å². The highest BCUT2D eigenvalue weighted by Gasteiger charge is 2.37. The minimum atomic E-state index is -3.36. The number of nitrogens with one attached hydrogen (secondary N) is 1. The molecule has 0 aliphatic carbocycles. The van der Waals surface area contributed by atoms with Crippen LogP contribution in [0.3, 0.4) is 0 Å². The van der Waals surface area contributed by atoms with Crippen LogP contribution in [0.1, 0.15) is 84.5 Å². The van der Waals surface area contributed by atoms with Gasteiger partial charge in [-0.1, -0.05) is 74.0 Å². The highest BCUT2D eigenvalue weighted by Crippen LogP contribution is 2.48. The van der Waals surface area contributed by atoms with Gasteiger partial charge in [0.1, 0.15) is 15.7 Å². The normalized spacial score (nSPS) is 25.3. The Labute approximate surface area is 284 Å². The molecule has 0 spiro atoms. The Morgan fingerprint density at radius 2 is 1.89 bits per heavy atom. The molecule has 3 heterocycles. The number of aryl methyl sites for hydroxylation is 2. The van der Waals surface area contributed by atoms with Crippen LogP contribution in [-0.2, 0) is 34.1 Å². The molecular formula is C38H44ClN3O4S. The Kier molecular flexibility index (Phi) is 10.4. The summed E-state index contributed by atoms with van der Waals surface area (Å²) in [5.41, 5.74) is 5.63. The molecule has 248 valence electrons. The van der Waals surface area contributed by atoms with Gasteiger partial charge in [-0.05, 0) is 96.9 Å². The molecular weight excluding hydrogens is 630 g/mol. The molecule has 3 aromatic carbocycles. The van der Waals surface area contributed by atoms with Crippen molar-refractivity contribution >= 4 is 39.0 Å². The van der Waals surface area contributed by atoms with E-state index in [1.54, 1.807) is 6.07 Å². The quantitative estimate of drug-likeness (QED) is 0.283. The standard InChI is InChI=1S/C38H44ClN3O4S/c1-26-24-42-25-30-16-17-31(39)23-29(30)13-8-9-21-46-34-19-18-33-36(37(34)42)32(27(26)2)14-7-4-10-22-47(45,41-38(33)44)40-35(43)20-15-28-11-5-3-6-12-28/h3,5-7,11-12,14,16-19,23,26-27,32H,4,8-10,13,15,20-22,24-25H2,1-2H3,(H,40,41,43,44,45)/b14-7+/t26-,27+,32-,47?/m0/s1. The maximum absolute atomic E-state index is 14.2. The van der Waals surface area contributed by atoms with Crippen molar-refractivity contribution in [3.05, 3.63) is 106 Å². The fourth-order valence-corrected chi connectivity index (χ4v) is 8.87. The number of amides is 2. The van der Waals surface area contributed by atoms with Gasteiger partial charge in [0.25, 0.3) is 5.91 Å². The van der Waals surface area contributed by atoms with E-state index in [0.717, 1.165) is 53.4 Å². The fraction of sp³-hybridized carbons (Fsp3) is 0.421. The average Bonchev–Trinajstić information content (AvgIpc) is 3.17. The van der Waals surface area contributed by atoms with Crippen molar-refractivity contribution in [1.82, 2.24) is 4.72 Å². The molecule has 3 aliphatic heterocycles. The van der Waals surface area contributed by atoms with Crippen molar-refractivity contribution in [3.8, 4) is 5.75 Å². The minimum absolute atomic E-state index is 0.0767. The van der Waals surface area contributed by atoms with Crippen LogP contribution >= 0.6 is 11.6 Å². The first-order valence-corrected chi connectivity index (χ1v) is 18.9. The summed E-state index contributed by atoms with van der Waals surface area (Å²) in [6.07, 6.45) is 9.02. The highest BCUT2D eigenvalue weighted by atomic mass is 35.5. The van der Waals surface area contributed by atoms with Crippen LogP contribution in [0.15, 0.2) is 77.2 Å². The van der Waals surface area contributed by atoms with Crippen molar-refractivity contribution < 1.29 is 18.5 Å². The smallest absolute Gasteiger partial charge is 0.286 e. The molecule has 9 heteroatoms. The molecule has 0 fully saturated rings. The minimum Gasteiger partial charge on any atom is -0.491 e. The number of hydrogen-bond acceptors (Lipinski definition) is 5. The lowest BCUT2D eigenvalue weighted by Crippen LogP contribution is -2.33. The first kappa shape index (κ1) is 33.3. The zero-order valence-electron chi connectivity index (χ0n) is 27.3. The van der Waals surface area contributed by atoms with Gasteiger partial charge in [0.15, 0.2) is 0 Å². The van der Waals surface area contributed by atoms with Crippen LogP contribution in [0.2, 0.25) is 5.02 Å². The Morgan fingerprint density at radius 1 is 1.06 bits per heavy atom. The summed E-state index contributed by atoms with van der Waals surface area (Å²) in [5, 5.41) is 0.731. The summed E-state index contributed by atoms with van der Waals surface area (Å²) in [6.45, 7) is 6.50. The van der Waals surface area contributed by atoms with E-state index in [1.165, 1.54) is 11.1 Å². The van der Waals surface area contributed by atoms with E-state index in [1.807, 2.05) is 42.5 Å². The summed E-state index contributed by atoms with van der Waals surface area (Å²) in [7, 11) is -3.36. The molecule has 3 aliphatic rings. The van der Waals surface area contributed by atoms with Gasteiger partial charge < -0.3 is 9.64 Å². The summed E-state index contributed by atoms with van der Waals surface area (Å²) >= 11 is 6.45. The number of benzene rings is 3. The first-order chi connectivity index (χ1) is 22.7.